The first-order valence-corrected chi connectivity index (χ1v) is 8.64. The number of oxazole rings is 1. The summed E-state index contributed by atoms with van der Waals surface area (Å²) in [5.74, 6) is 0.234. The lowest BCUT2D eigenvalue weighted by atomic mass is 10.2. The average Bonchev–Trinajstić information content (AvgIpc) is 3.34. The highest BCUT2D eigenvalue weighted by molar-refractivity contribution is 5.79. The normalized spacial score (nSPS) is 16.7. The van der Waals surface area contributed by atoms with Crippen LogP contribution in [0.4, 0.5) is 0 Å². The van der Waals surface area contributed by atoms with Crippen LogP contribution in [0.2, 0.25) is 0 Å². The highest BCUT2D eigenvalue weighted by atomic mass is 16.5. The molecule has 0 bridgehead atoms. The molecule has 140 valence electrons. The van der Waals surface area contributed by atoms with Crippen molar-refractivity contribution in [3.05, 3.63) is 29.9 Å². The summed E-state index contributed by atoms with van der Waals surface area (Å²) in [7, 11) is 0. The molecule has 2 aromatic rings. The minimum atomic E-state index is -0.937. The van der Waals surface area contributed by atoms with Gasteiger partial charge in [-0.1, -0.05) is 0 Å². The summed E-state index contributed by atoms with van der Waals surface area (Å²) in [4.78, 5) is 29.5. The second-order valence-electron chi connectivity index (χ2n) is 6.29. The van der Waals surface area contributed by atoms with Crippen LogP contribution in [-0.2, 0) is 20.7 Å². The monoisotopic (exact) mass is 362 g/mol. The number of carbonyl (C=O) groups is 2. The number of aromatic nitrogens is 1. The van der Waals surface area contributed by atoms with E-state index in [9.17, 15) is 9.59 Å². The van der Waals surface area contributed by atoms with Crippen LogP contribution in [-0.4, -0.2) is 52.7 Å². The van der Waals surface area contributed by atoms with Gasteiger partial charge in [-0.25, -0.2) is 4.98 Å². The second-order valence-corrected chi connectivity index (χ2v) is 6.29. The van der Waals surface area contributed by atoms with E-state index in [1.165, 1.54) is 6.26 Å². The van der Waals surface area contributed by atoms with Gasteiger partial charge in [0, 0.05) is 19.7 Å². The largest absolute Gasteiger partial charge is 0.481 e. The van der Waals surface area contributed by atoms with Gasteiger partial charge in [-0.3, -0.25) is 9.59 Å². The molecule has 0 radical (unpaired) electrons. The summed E-state index contributed by atoms with van der Waals surface area (Å²) in [6, 6.07) is 3.46. The highest BCUT2D eigenvalue weighted by Gasteiger charge is 2.25. The van der Waals surface area contributed by atoms with Crippen molar-refractivity contribution in [3.8, 4) is 11.7 Å². The van der Waals surface area contributed by atoms with Gasteiger partial charge in [0.2, 0.25) is 5.91 Å². The van der Waals surface area contributed by atoms with Crippen molar-refractivity contribution in [2.45, 2.75) is 38.7 Å². The summed E-state index contributed by atoms with van der Waals surface area (Å²) in [6.07, 6.45) is 3.26. The van der Waals surface area contributed by atoms with Gasteiger partial charge in [0.15, 0.2) is 5.76 Å². The van der Waals surface area contributed by atoms with Crippen molar-refractivity contribution >= 4 is 11.9 Å². The maximum atomic E-state index is 12.7. The Bertz CT molecular complexity index is 746. The zero-order valence-corrected chi connectivity index (χ0v) is 14.6. The van der Waals surface area contributed by atoms with Gasteiger partial charge in [0.05, 0.1) is 30.9 Å². The molecular formula is C18H22N2O6. The molecule has 26 heavy (non-hydrogen) atoms. The molecule has 1 fully saturated rings. The summed E-state index contributed by atoms with van der Waals surface area (Å²) < 4.78 is 16.4. The fourth-order valence-corrected chi connectivity index (χ4v) is 2.94. The number of carboxylic acid groups (broad SMARTS) is 1. The first-order valence-electron chi connectivity index (χ1n) is 8.64. The molecule has 1 atom stereocenters. The first kappa shape index (κ1) is 18.2. The quantitative estimate of drug-likeness (QED) is 0.768. The fraction of sp³-hybridized carbons (Fsp3) is 0.500. The molecule has 1 N–H and O–H groups in total. The second kappa shape index (κ2) is 8.18. The fourth-order valence-electron chi connectivity index (χ4n) is 2.94. The number of rotatable bonds is 8. The SMILES string of the molecule is Cc1oc(-c2ccco2)nc1CC(=O)N(CCC(=O)O)C[C@H]1CCCO1. The van der Waals surface area contributed by atoms with Crippen LogP contribution in [0.15, 0.2) is 27.2 Å². The number of aliphatic carboxylic acids is 1. The van der Waals surface area contributed by atoms with Gasteiger partial charge < -0.3 is 23.6 Å². The van der Waals surface area contributed by atoms with E-state index in [4.69, 9.17) is 18.7 Å². The average molecular weight is 362 g/mol. The minimum absolute atomic E-state index is 0.0372. The van der Waals surface area contributed by atoms with Crippen molar-refractivity contribution in [3.63, 3.8) is 0 Å². The number of aryl methyl sites for hydroxylation is 1. The first-order chi connectivity index (χ1) is 12.5. The Labute approximate surface area is 150 Å². The summed E-state index contributed by atoms with van der Waals surface area (Å²) in [6.45, 7) is 2.97. The Morgan fingerprint density at radius 3 is 2.92 bits per heavy atom. The van der Waals surface area contributed by atoms with Gasteiger partial charge in [0.1, 0.15) is 5.76 Å². The summed E-state index contributed by atoms with van der Waals surface area (Å²) in [5, 5.41) is 8.94. The number of hydrogen-bond acceptors (Lipinski definition) is 6. The molecule has 2 aromatic heterocycles. The van der Waals surface area contributed by atoms with Crippen molar-refractivity contribution in [2.75, 3.05) is 19.7 Å². The zero-order chi connectivity index (χ0) is 18.5. The Kier molecular flexibility index (Phi) is 5.72. The van der Waals surface area contributed by atoms with E-state index in [1.54, 1.807) is 24.0 Å². The number of amides is 1. The number of carboxylic acids is 1. The summed E-state index contributed by atoms with van der Waals surface area (Å²) in [5.41, 5.74) is 0.522. The lowest BCUT2D eigenvalue weighted by molar-refractivity contribution is -0.139. The van der Waals surface area contributed by atoms with Gasteiger partial charge in [-0.2, -0.15) is 0 Å². The van der Waals surface area contributed by atoms with Crippen LogP contribution >= 0.6 is 0 Å². The van der Waals surface area contributed by atoms with Crippen molar-refractivity contribution in [1.29, 1.82) is 0 Å². The van der Waals surface area contributed by atoms with Crippen LogP contribution in [0.3, 0.4) is 0 Å². The molecule has 1 amide bonds. The molecule has 8 heteroatoms. The zero-order valence-electron chi connectivity index (χ0n) is 14.6. The smallest absolute Gasteiger partial charge is 0.305 e. The van der Waals surface area contributed by atoms with E-state index >= 15 is 0 Å². The number of nitrogens with zero attached hydrogens (tertiary/aromatic N) is 2. The molecule has 0 spiro atoms. The molecule has 8 nitrogen and oxygen atoms in total. The standard InChI is InChI=1S/C18H22N2O6/c1-12-14(19-18(26-12)15-5-3-9-25-15)10-16(21)20(7-6-17(22)23)11-13-4-2-8-24-13/h3,5,9,13H,2,4,6-8,10-11H2,1H3,(H,22,23)/t13-/m1/s1. The maximum absolute atomic E-state index is 12.7. The van der Waals surface area contributed by atoms with Gasteiger partial charge in [-0.05, 0) is 31.9 Å². The van der Waals surface area contributed by atoms with Crippen molar-refractivity contribution < 1.29 is 28.3 Å². The number of hydrogen-bond donors (Lipinski definition) is 1. The lowest BCUT2D eigenvalue weighted by Gasteiger charge is -2.24. The minimum Gasteiger partial charge on any atom is -0.481 e. The lowest BCUT2D eigenvalue weighted by Crippen LogP contribution is -2.39. The molecule has 0 aromatic carbocycles. The maximum Gasteiger partial charge on any atom is 0.305 e. The van der Waals surface area contributed by atoms with Crippen molar-refractivity contribution in [1.82, 2.24) is 9.88 Å². The Morgan fingerprint density at radius 1 is 1.42 bits per heavy atom. The Hall–Kier alpha value is -2.61. The molecule has 3 rings (SSSR count). The Balaban J connectivity index is 1.68. The molecule has 3 heterocycles. The topological polar surface area (TPSA) is 106 Å². The predicted octanol–water partition coefficient (Wildman–Crippen LogP) is 2.27. The third-order valence-corrected chi connectivity index (χ3v) is 4.34. The van der Waals surface area contributed by atoms with Crippen molar-refractivity contribution in [2.24, 2.45) is 0 Å². The van der Waals surface area contributed by atoms with E-state index in [0.29, 0.717) is 36.3 Å². The van der Waals surface area contributed by atoms with E-state index in [-0.39, 0.29) is 31.4 Å². The number of carbonyl (C=O) groups excluding carboxylic acids is 1. The van der Waals surface area contributed by atoms with E-state index in [0.717, 1.165) is 12.8 Å². The van der Waals surface area contributed by atoms with Gasteiger partial charge in [0.25, 0.3) is 5.89 Å². The predicted molar refractivity (Wildman–Crippen MR) is 90.5 cm³/mol. The third-order valence-electron chi connectivity index (χ3n) is 4.34. The molecule has 1 aliphatic heterocycles. The molecule has 0 unspecified atom stereocenters. The molecule has 0 aliphatic carbocycles. The molecule has 1 saturated heterocycles. The van der Waals surface area contributed by atoms with Crippen LogP contribution in [0.25, 0.3) is 11.7 Å². The van der Waals surface area contributed by atoms with Crippen LogP contribution in [0.1, 0.15) is 30.7 Å². The Morgan fingerprint density at radius 2 is 2.27 bits per heavy atom. The van der Waals surface area contributed by atoms with E-state index < -0.39 is 5.97 Å². The van der Waals surface area contributed by atoms with Gasteiger partial charge in [-0.15, -0.1) is 0 Å². The number of furan rings is 1. The molecule has 0 saturated carbocycles. The summed E-state index contributed by atoms with van der Waals surface area (Å²) >= 11 is 0. The van der Waals surface area contributed by atoms with E-state index in [1.807, 2.05) is 0 Å². The number of ether oxygens (including phenoxy) is 1. The van der Waals surface area contributed by atoms with E-state index in [2.05, 4.69) is 4.98 Å². The molecule has 1 aliphatic rings. The molecular weight excluding hydrogens is 340 g/mol. The highest BCUT2D eigenvalue weighted by Crippen LogP contribution is 2.23. The van der Waals surface area contributed by atoms with Crippen LogP contribution < -0.4 is 0 Å². The van der Waals surface area contributed by atoms with Crippen LogP contribution in [0.5, 0.6) is 0 Å². The van der Waals surface area contributed by atoms with Crippen LogP contribution in [0, 0.1) is 6.92 Å². The van der Waals surface area contributed by atoms with Gasteiger partial charge >= 0.3 is 5.97 Å². The third kappa shape index (κ3) is 4.51.